The largest absolute Gasteiger partial charge is 0.505 e. The van der Waals surface area contributed by atoms with Crippen molar-refractivity contribution in [3.05, 3.63) is 29.1 Å². The van der Waals surface area contributed by atoms with Gasteiger partial charge in [-0.3, -0.25) is 4.90 Å². The van der Waals surface area contributed by atoms with Gasteiger partial charge in [-0.1, -0.05) is 26.8 Å². The van der Waals surface area contributed by atoms with Gasteiger partial charge in [-0.2, -0.15) is 0 Å². The number of hydrogen-bond acceptors (Lipinski definition) is 3. The fourth-order valence-corrected chi connectivity index (χ4v) is 3.12. The topological polar surface area (TPSA) is 35.5 Å². The number of nitrogens with one attached hydrogen (secondary N) is 1. The van der Waals surface area contributed by atoms with Gasteiger partial charge in [0.25, 0.3) is 0 Å². The zero-order valence-corrected chi connectivity index (χ0v) is 12.8. The van der Waals surface area contributed by atoms with Crippen molar-refractivity contribution in [1.29, 1.82) is 0 Å². The zero-order valence-electron chi connectivity index (χ0n) is 12.8. The molecule has 4 heteroatoms. The fourth-order valence-electron chi connectivity index (χ4n) is 3.12. The molecular formula is C16H25FN2O. The van der Waals surface area contributed by atoms with Gasteiger partial charge >= 0.3 is 0 Å². The predicted octanol–water partition coefficient (Wildman–Crippen LogP) is 2.83. The maximum atomic E-state index is 13.9. The number of phenolic OH excluding ortho intramolecular Hbond substituents is 1. The molecule has 2 rings (SSSR count). The van der Waals surface area contributed by atoms with Gasteiger partial charge in [0.2, 0.25) is 0 Å². The van der Waals surface area contributed by atoms with E-state index in [-0.39, 0.29) is 17.2 Å². The summed E-state index contributed by atoms with van der Waals surface area (Å²) in [5.74, 6) is -0.724. The molecule has 20 heavy (non-hydrogen) atoms. The van der Waals surface area contributed by atoms with Crippen molar-refractivity contribution in [3.8, 4) is 5.75 Å². The lowest BCUT2D eigenvalue weighted by Crippen LogP contribution is -2.48. The van der Waals surface area contributed by atoms with Gasteiger partial charge in [-0.25, -0.2) is 4.39 Å². The van der Waals surface area contributed by atoms with Crippen LogP contribution in [0.4, 0.5) is 4.39 Å². The van der Waals surface area contributed by atoms with E-state index in [0.717, 1.165) is 31.7 Å². The van der Waals surface area contributed by atoms with Gasteiger partial charge in [-0.15, -0.1) is 0 Å². The van der Waals surface area contributed by atoms with Crippen LogP contribution in [0.3, 0.4) is 0 Å². The lowest BCUT2D eigenvalue weighted by atomic mass is 9.80. The van der Waals surface area contributed by atoms with Gasteiger partial charge in [-0.05, 0) is 24.0 Å². The Morgan fingerprint density at radius 2 is 1.85 bits per heavy atom. The summed E-state index contributed by atoms with van der Waals surface area (Å²) in [5.41, 5.74) is 1.48. The van der Waals surface area contributed by atoms with Crippen LogP contribution in [0.2, 0.25) is 0 Å². The van der Waals surface area contributed by atoms with Crippen LogP contribution in [-0.2, 0) is 0 Å². The summed E-state index contributed by atoms with van der Waals surface area (Å²) in [6.45, 7) is 12.0. The van der Waals surface area contributed by atoms with Gasteiger partial charge in [0.1, 0.15) is 0 Å². The van der Waals surface area contributed by atoms with Crippen LogP contribution in [0, 0.1) is 18.2 Å². The second-order valence-electron chi connectivity index (χ2n) is 6.74. The Balaban J connectivity index is 2.46. The molecule has 0 aliphatic carbocycles. The third kappa shape index (κ3) is 3.13. The molecule has 1 aliphatic heterocycles. The van der Waals surface area contributed by atoms with Crippen molar-refractivity contribution in [2.75, 3.05) is 26.2 Å². The fraction of sp³-hybridized carbons (Fsp3) is 0.625. The summed E-state index contributed by atoms with van der Waals surface area (Å²) in [7, 11) is 0. The molecule has 1 saturated heterocycles. The second kappa shape index (κ2) is 5.70. The number of phenols is 1. The van der Waals surface area contributed by atoms with Gasteiger partial charge < -0.3 is 10.4 Å². The molecule has 1 fully saturated rings. The molecule has 1 heterocycles. The highest BCUT2D eigenvalue weighted by Gasteiger charge is 2.35. The highest BCUT2D eigenvalue weighted by atomic mass is 19.1. The minimum atomic E-state index is -0.524. The van der Waals surface area contributed by atoms with Crippen LogP contribution in [0.5, 0.6) is 5.75 Å². The maximum Gasteiger partial charge on any atom is 0.165 e. The summed E-state index contributed by atoms with van der Waals surface area (Å²) in [6.07, 6.45) is 0. The molecule has 0 unspecified atom stereocenters. The highest BCUT2D eigenvalue weighted by molar-refractivity contribution is 5.40. The van der Waals surface area contributed by atoms with Gasteiger partial charge in [0, 0.05) is 37.8 Å². The normalized spacial score (nSPS) is 19.1. The van der Waals surface area contributed by atoms with E-state index in [2.05, 4.69) is 31.0 Å². The summed E-state index contributed by atoms with van der Waals surface area (Å²) in [4.78, 5) is 2.34. The number of piperazine rings is 1. The first-order chi connectivity index (χ1) is 9.30. The monoisotopic (exact) mass is 280 g/mol. The zero-order chi connectivity index (χ0) is 14.9. The number of nitrogens with zero attached hydrogens (tertiary/aromatic N) is 1. The quantitative estimate of drug-likeness (QED) is 0.874. The third-order valence-electron chi connectivity index (χ3n) is 3.87. The standard InChI is InChI=1S/C16H25FN2O/c1-11-9-12(14(20)13(17)10-11)15(16(2,3)4)19-7-5-18-6-8-19/h9-10,15,18,20H,5-8H2,1-4H3/t15-/m1/s1. The summed E-state index contributed by atoms with van der Waals surface area (Å²) in [6, 6.07) is 3.31. The SMILES string of the molecule is Cc1cc(F)c(O)c([C@@H](N2CCNCC2)C(C)(C)C)c1. The molecular weight excluding hydrogens is 255 g/mol. The summed E-state index contributed by atoms with van der Waals surface area (Å²) in [5, 5.41) is 13.5. The minimum Gasteiger partial charge on any atom is -0.505 e. The Morgan fingerprint density at radius 3 is 2.40 bits per heavy atom. The minimum absolute atomic E-state index is 0.0130. The lowest BCUT2D eigenvalue weighted by molar-refractivity contribution is 0.0838. The van der Waals surface area contributed by atoms with Crippen LogP contribution in [-0.4, -0.2) is 36.2 Å². The van der Waals surface area contributed by atoms with E-state index in [4.69, 9.17) is 0 Å². The number of hydrogen-bond donors (Lipinski definition) is 2. The van der Waals surface area contributed by atoms with Crippen LogP contribution in [0.25, 0.3) is 0 Å². The van der Waals surface area contributed by atoms with Crippen LogP contribution < -0.4 is 5.32 Å². The number of halogens is 1. The predicted molar refractivity (Wildman–Crippen MR) is 79.4 cm³/mol. The molecule has 3 nitrogen and oxygen atoms in total. The van der Waals surface area contributed by atoms with E-state index in [0.29, 0.717) is 5.56 Å². The summed E-state index contributed by atoms with van der Waals surface area (Å²) < 4.78 is 13.9. The Morgan fingerprint density at radius 1 is 1.25 bits per heavy atom. The molecule has 0 amide bonds. The van der Waals surface area contributed by atoms with Crippen molar-refractivity contribution in [2.45, 2.75) is 33.7 Å². The van der Waals surface area contributed by atoms with Gasteiger partial charge in [0.05, 0.1) is 0 Å². The van der Waals surface area contributed by atoms with Crippen molar-refractivity contribution in [2.24, 2.45) is 5.41 Å². The van der Waals surface area contributed by atoms with E-state index < -0.39 is 5.82 Å². The first kappa shape index (κ1) is 15.3. The second-order valence-corrected chi connectivity index (χ2v) is 6.74. The third-order valence-corrected chi connectivity index (χ3v) is 3.87. The van der Waals surface area contributed by atoms with Crippen molar-refractivity contribution in [3.63, 3.8) is 0 Å². The average Bonchev–Trinajstić information content (AvgIpc) is 2.35. The van der Waals surface area contributed by atoms with Crippen LogP contribution >= 0.6 is 0 Å². The molecule has 112 valence electrons. The molecule has 0 spiro atoms. The Kier molecular flexibility index (Phi) is 4.35. The highest BCUT2D eigenvalue weighted by Crippen LogP contribution is 2.42. The Hall–Kier alpha value is -1.13. The molecule has 0 radical (unpaired) electrons. The molecule has 1 aromatic rings. The number of benzene rings is 1. The lowest BCUT2D eigenvalue weighted by Gasteiger charge is -2.42. The molecule has 1 aliphatic rings. The average molecular weight is 280 g/mol. The van der Waals surface area contributed by atoms with E-state index >= 15 is 0 Å². The molecule has 1 aromatic carbocycles. The first-order valence-electron chi connectivity index (χ1n) is 7.24. The van der Waals surface area contributed by atoms with E-state index in [1.165, 1.54) is 6.07 Å². The van der Waals surface area contributed by atoms with Crippen LogP contribution in [0.15, 0.2) is 12.1 Å². The van der Waals surface area contributed by atoms with Crippen molar-refractivity contribution < 1.29 is 9.50 Å². The molecule has 0 saturated carbocycles. The van der Waals surface area contributed by atoms with Crippen LogP contribution in [0.1, 0.15) is 37.9 Å². The molecule has 1 atom stereocenters. The van der Waals surface area contributed by atoms with E-state index in [1.54, 1.807) is 0 Å². The van der Waals surface area contributed by atoms with E-state index in [9.17, 15) is 9.50 Å². The number of rotatable bonds is 2. The molecule has 0 bridgehead atoms. The van der Waals surface area contributed by atoms with Crippen molar-refractivity contribution >= 4 is 0 Å². The van der Waals surface area contributed by atoms with Crippen molar-refractivity contribution in [1.82, 2.24) is 10.2 Å². The summed E-state index contributed by atoms with van der Waals surface area (Å²) >= 11 is 0. The number of aryl methyl sites for hydroxylation is 1. The smallest absolute Gasteiger partial charge is 0.165 e. The van der Waals surface area contributed by atoms with E-state index in [1.807, 2.05) is 13.0 Å². The first-order valence-corrected chi connectivity index (χ1v) is 7.24. The maximum absolute atomic E-state index is 13.9. The van der Waals surface area contributed by atoms with Gasteiger partial charge in [0.15, 0.2) is 11.6 Å². The molecule has 0 aromatic heterocycles. The Labute approximate surface area is 120 Å². The Bertz CT molecular complexity index is 476. The number of aromatic hydroxyl groups is 1. The molecule has 2 N–H and O–H groups in total.